The van der Waals surface area contributed by atoms with E-state index in [9.17, 15) is 14.6 Å². The second-order valence-corrected chi connectivity index (χ2v) is 9.19. The number of thioether (sulfide) groups is 2. The van der Waals surface area contributed by atoms with E-state index in [4.69, 9.17) is 4.98 Å². The summed E-state index contributed by atoms with van der Waals surface area (Å²) >= 11 is 3.69. The van der Waals surface area contributed by atoms with Crippen LogP contribution in [0.15, 0.2) is 18.2 Å². The Labute approximate surface area is 166 Å². The van der Waals surface area contributed by atoms with E-state index in [2.05, 4.69) is 6.26 Å². The van der Waals surface area contributed by atoms with Crippen molar-refractivity contribution < 1.29 is 14.6 Å². The Bertz CT molecular complexity index is 934. The molecule has 0 amide bonds. The highest BCUT2D eigenvalue weighted by atomic mass is 32.2. The van der Waals surface area contributed by atoms with Gasteiger partial charge in [0.1, 0.15) is 5.82 Å². The molecule has 3 heterocycles. The van der Waals surface area contributed by atoms with Crippen LogP contribution in [0.4, 0.5) is 4.39 Å². The van der Waals surface area contributed by atoms with Gasteiger partial charge in [-0.05, 0) is 30.4 Å². The summed E-state index contributed by atoms with van der Waals surface area (Å²) in [6.45, 7) is 1.97. The van der Waals surface area contributed by atoms with Gasteiger partial charge in [0.05, 0.1) is 23.5 Å². The van der Waals surface area contributed by atoms with Gasteiger partial charge in [-0.3, -0.25) is 0 Å². The highest BCUT2D eigenvalue weighted by Gasteiger charge is 2.45. The Hall–Kier alpha value is -1.28. The Morgan fingerprint density at radius 1 is 1.33 bits per heavy atom. The van der Waals surface area contributed by atoms with Crippen LogP contribution in [-0.4, -0.2) is 50.2 Å². The van der Waals surface area contributed by atoms with Gasteiger partial charge >= 0.3 is 0 Å². The summed E-state index contributed by atoms with van der Waals surface area (Å²) in [5.41, 5.74) is 3.91. The molecule has 2 N–H and O–H groups in total. The van der Waals surface area contributed by atoms with E-state index in [1.807, 2.05) is 40.6 Å². The molecule has 0 saturated heterocycles. The molecule has 1 atom stereocenters. The predicted octanol–water partition coefficient (Wildman–Crippen LogP) is 3.52. The Morgan fingerprint density at radius 2 is 2.15 bits per heavy atom. The summed E-state index contributed by atoms with van der Waals surface area (Å²) < 4.78 is 14.2. The molecular formula is C20H23FN2O2S2. The quantitative estimate of drug-likeness (QED) is 0.716. The number of rotatable bonds is 6. The normalized spacial score (nSPS) is 20.9. The van der Waals surface area contributed by atoms with Crippen LogP contribution >= 0.6 is 23.5 Å². The molecule has 4 rings (SSSR count). The van der Waals surface area contributed by atoms with Gasteiger partial charge in [0.15, 0.2) is 5.72 Å². The molecule has 144 valence electrons. The third-order valence-electron chi connectivity index (χ3n) is 5.39. The first-order chi connectivity index (χ1) is 13.0. The standard InChI is InChI=1S/C20H23FN2O2S2/c1-12-7-13-15(10-27-6-5-26-2)14-9-23-18(3-4-20(23,25)11-24)19(14)22-17(13)8-16(12)21/h3,7-8,24-25H,4-6,9-11H2,1-2H3/t20-/m0/s1. The molecule has 27 heavy (non-hydrogen) atoms. The van der Waals surface area contributed by atoms with Crippen LogP contribution in [0.5, 0.6) is 0 Å². The zero-order chi connectivity index (χ0) is 19.2. The molecule has 0 fully saturated rings. The van der Waals surface area contributed by atoms with E-state index in [1.165, 1.54) is 11.6 Å². The fraction of sp³-hybridized carbons (Fsp3) is 0.450. The number of halogens is 1. The van der Waals surface area contributed by atoms with E-state index in [1.54, 1.807) is 6.92 Å². The smallest absolute Gasteiger partial charge is 0.165 e. The van der Waals surface area contributed by atoms with Crippen LogP contribution in [0, 0.1) is 12.7 Å². The summed E-state index contributed by atoms with van der Waals surface area (Å²) in [4.78, 5) is 6.59. The van der Waals surface area contributed by atoms with Crippen LogP contribution < -0.4 is 0 Å². The molecule has 1 aromatic heterocycles. The molecule has 0 spiro atoms. The van der Waals surface area contributed by atoms with Crippen molar-refractivity contribution in [2.75, 3.05) is 24.4 Å². The van der Waals surface area contributed by atoms with Crippen LogP contribution in [0.1, 0.15) is 28.8 Å². The number of aromatic nitrogens is 1. The molecule has 7 heteroatoms. The lowest BCUT2D eigenvalue weighted by atomic mass is 10.00. The molecule has 2 aliphatic heterocycles. The summed E-state index contributed by atoms with van der Waals surface area (Å²) in [5, 5.41) is 21.4. The summed E-state index contributed by atoms with van der Waals surface area (Å²) in [7, 11) is 0. The van der Waals surface area contributed by atoms with Gasteiger partial charge in [0.2, 0.25) is 0 Å². The SMILES string of the molecule is CSCCSCc1c2c(nc3cc(F)c(C)cc13)C1=CC[C@](O)(CO)N1C2. The van der Waals surface area contributed by atoms with Crippen molar-refractivity contribution in [3.63, 3.8) is 0 Å². The largest absolute Gasteiger partial charge is 0.391 e. The van der Waals surface area contributed by atoms with E-state index in [0.717, 1.165) is 39.6 Å². The minimum atomic E-state index is -1.27. The first-order valence-corrected chi connectivity index (χ1v) is 11.5. The van der Waals surface area contributed by atoms with Crippen molar-refractivity contribution in [3.8, 4) is 0 Å². The number of benzene rings is 1. The number of hydrogen-bond donors (Lipinski definition) is 2. The van der Waals surface area contributed by atoms with Gasteiger partial charge in [-0.1, -0.05) is 6.08 Å². The highest BCUT2D eigenvalue weighted by Crippen LogP contribution is 2.46. The fourth-order valence-corrected chi connectivity index (χ4v) is 5.65. The van der Waals surface area contributed by atoms with Crippen molar-refractivity contribution in [1.29, 1.82) is 0 Å². The van der Waals surface area contributed by atoms with Crippen molar-refractivity contribution in [3.05, 3.63) is 46.4 Å². The minimum Gasteiger partial charge on any atom is -0.391 e. The number of nitrogens with zero attached hydrogens (tertiary/aromatic N) is 2. The maximum atomic E-state index is 14.2. The van der Waals surface area contributed by atoms with E-state index in [0.29, 0.717) is 24.0 Å². The van der Waals surface area contributed by atoms with Crippen LogP contribution in [-0.2, 0) is 12.3 Å². The second kappa shape index (κ2) is 7.28. The van der Waals surface area contributed by atoms with E-state index < -0.39 is 5.72 Å². The lowest BCUT2D eigenvalue weighted by Crippen LogP contribution is -2.44. The molecule has 0 saturated carbocycles. The Kier molecular flexibility index (Phi) is 5.14. The number of pyridine rings is 1. The predicted molar refractivity (Wildman–Crippen MR) is 111 cm³/mol. The Morgan fingerprint density at radius 3 is 2.89 bits per heavy atom. The van der Waals surface area contributed by atoms with Crippen LogP contribution in [0.2, 0.25) is 0 Å². The van der Waals surface area contributed by atoms with Gasteiger partial charge in [-0.15, -0.1) is 0 Å². The minimum absolute atomic E-state index is 0.252. The summed E-state index contributed by atoms with van der Waals surface area (Å²) in [6, 6.07) is 3.40. The number of hydrogen-bond acceptors (Lipinski definition) is 6. The first kappa shape index (κ1) is 19.1. The van der Waals surface area contributed by atoms with Gasteiger partial charge in [-0.2, -0.15) is 23.5 Å². The molecule has 0 unspecified atom stereocenters. The summed E-state index contributed by atoms with van der Waals surface area (Å²) in [6.07, 6.45) is 4.40. The third kappa shape index (κ3) is 3.14. The van der Waals surface area contributed by atoms with Gasteiger partial charge in [0, 0.05) is 47.2 Å². The van der Waals surface area contributed by atoms with Crippen molar-refractivity contribution >= 4 is 40.1 Å². The third-order valence-corrected chi connectivity index (χ3v) is 7.25. The van der Waals surface area contributed by atoms with Gasteiger partial charge in [0.25, 0.3) is 0 Å². The molecule has 2 aliphatic rings. The maximum Gasteiger partial charge on any atom is 0.165 e. The van der Waals surface area contributed by atoms with Gasteiger partial charge in [-0.25, -0.2) is 9.37 Å². The molecule has 2 aromatic rings. The topological polar surface area (TPSA) is 56.6 Å². The zero-order valence-electron chi connectivity index (χ0n) is 15.5. The number of aryl methyl sites for hydroxylation is 1. The average Bonchev–Trinajstić information content (AvgIpc) is 3.18. The molecular weight excluding hydrogens is 383 g/mol. The average molecular weight is 407 g/mol. The molecule has 0 aliphatic carbocycles. The first-order valence-electron chi connectivity index (χ1n) is 8.98. The number of aliphatic hydroxyl groups is 2. The second-order valence-electron chi connectivity index (χ2n) is 7.10. The monoisotopic (exact) mass is 406 g/mol. The highest BCUT2D eigenvalue weighted by molar-refractivity contribution is 8.02. The van der Waals surface area contributed by atoms with Crippen LogP contribution in [0.25, 0.3) is 16.6 Å². The number of fused-ring (bicyclic) bond motifs is 4. The lowest BCUT2D eigenvalue weighted by molar-refractivity contribution is -0.101. The summed E-state index contributed by atoms with van der Waals surface area (Å²) in [5.74, 6) is 2.71. The van der Waals surface area contributed by atoms with Crippen molar-refractivity contribution in [1.82, 2.24) is 9.88 Å². The zero-order valence-corrected chi connectivity index (χ0v) is 17.1. The van der Waals surface area contributed by atoms with Gasteiger partial charge < -0.3 is 15.1 Å². The number of aliphatic hydroxyl groups excluding tert-OH is 1. The van der Waals surface area contributed by atoms with Crippen LogP contribution in [0.3, 0.4) is 0 Å². The van der Waals surface area contributed by atoms with Crippen molar-refractivity contribution in [2.45, 2.75) is 31.4 Å². The fourth-order valence-electron chi connectivity index (χ4n) is 3.83. The maximum absolute atomic E-state index is 14.2. The molecule has 0 bridgehead atoms. The van der Waals surface area contributed by atoms with E-state index in [-0.39, 0.29) is 12.4 Å². The molecule has 0 radical (unpaired) electrons. The molecule has 1 aromatic carbocycles. The molecule has 4 nitrogen and oxygen atoms in total. The van der Waals surface area contributed by atoms with Crippen molar-refractivity contribution in [2.24, 2.45) is 0 Å². The Balaban J connectivity index is 1.83. The van der Waals surface area contributed by atoms with E-state index >= 15 is 0 Å². The lowest BCUT2D eigenvalue weighted by Gasteiger charge is -2.32.